The highest BCUT2D eigenvalue weighted by atomic mass is 32.2. The lowest BCUT2D eigenvalue weighted by atomic mass is 11.1. The molecule has 0 bridgehead atoms. The van der Waals surface area contributed by atoms with Crippen molar-refractivity contribution in [3.05, 3.63) is 22.4 Å². The van der Waals surface area contributed by atoms with Gasteiger partial charge in [-0.1, -0.05) is 0 Å². The zero-order valence-electron chi connectivity index (χ0n) is 4.44. The summed E-state index contributed by atoms with van der Waals surface area (Å²) < 4.78 is 23.4. The van der Waals surface area contributed by atoms with Gasteiger partial charge in [0.25, 0.3) is 10.0 Å². The summed E-state index contributed by atoms with van der Waals surface area (Å²) in [5, 5.41) is 4.28. The van der Waals surface area contributed by atoms with E-state index in [1.165, 1.54) is 23.4 Å². The molecule has 0 amide bonds. The molecular weight excluding hydrogens is 158 g/mol. The minimum absolute atomic E-state index is 1.12. The summed E-state index contributed by atoms with van der Waals surface area (Å²) >= 11 is 1.32. The van der Waals surface area contributed by atoms with Gasteiger partial charge in [0.15, 0.2) is 0 Å². The Morgan fingerprint density at radius 3 is 2.89 bits per heavy atom. The van der Waals surface area contributed by atoms with E-state index in [0.717, 1.165) is 5.41 Å². The first-order chi connectivity index (χ1) is 4.21. The van der Waals surface area contributed by atoms with Gasteiger partial charge in [0, 0.05) is 6.20 Å². The quantitative estimate of drug-likeness (QED) is 0.568. The second kappa shape index (κ2) is 2.45. The molecule has 0 aliphatic carbocycles. The van der Waals surface area contributed by atoms with Crippen LogP contribution in [-0.4, -0.2) is 8.42 Å². The second-order valence-electron chi connectivity index (χ2n) is 1.37. The Labute approximate surface area is 57.9 Å². The maximum atomic E-state index is 10.6. The van der Waals surface area contributed by atoms with Crippen LogP contribution in [0.1, 0.15) is 0 Å². The van der Waals surface area contributed by atoms with E-state index < -0.39 is 10.0 Å². The van der Waals surface area contributed by atoms with Crippen LogP contribution >= 0.6 is 11.8 Å². The average Bonchev–Trinajstić information content (AvgIpc) is 1.92. The van der Waals surface area contributed by atoms with Crippen molar-refractivity contribution >= 4 is 21.8 Å². The summed E-state index contributed by atoms with van der Waals surface area (Å²) in [5.41, 5.74) is 0. The van der Waals surface area contributed by atoms with E-state index in [1.807, 2.05) is 0 Å². The van der Waals surface area contributed by atoms with Crippen LogP contribution in [-0.2, 0) is 10.0 Å². The molecule has 1 aliphatic heterocycles. The maximum absolute atomic E-state index is 10.6. The monoisotopic (exact) mass is 163 g/mol. The van der Waals surface area contributed by atoms with E-state index in [1.54, 1.807) is 5.41 Å². The smallest absolute Gasteiger partial charge is 0.255 e. The van der Waals surface area contributed by atoms with E-state index in [-0.39, 0.29) is 0 Å². The molecule has 3 nitrogen and oxygen atoms in total. The Hall–Kier alpha value is -0.420. The molecule has 1 aliphatic rings. The molecule has 0 fully saturated rings. The van der Waals surface area contributed by atoms with Crippen molar-refractivity contribution in [2.24, 2.45) is 0 Å². The first-order valence-electron chi connectivity index (χ1n) is 2.20. The van der Waals surface area contributed by atoms with Crippen molar-refractivity contribution < 1.29 is 8.42 Å². The lowest BCUT2D eigenvalue weighted by Gasteiger charge is -1.90. The first kappa shape index (κ1) is 6.70. The summed E-state index contributed by atoms with van der Waals surface area (Å²) in [7, 11) is -3.16. The summed E-state index contributed by atoms with van der Waals surface area (Å²) in [6.07, 6.45) is 1.39. The van der Waals surface area contributed by atoms with Gasteiger partial charge in [-0.3, -0.25) is 4.72 Å². The predicted octanol–water partition coefficient (Wildman–Crippen LogP) is 0.595. The summed E-state index contributed by atoms with van der Waals surface area (Å²) in [5.74, 6) is 0. The van der Waals surface area contributed by atoms with Crippen molar-refractivity contribution in [1.82, 2.24) is 4.72 Å². The van der Waals surface area contributed by atoms with Crippen LogP contribution in [0.15, 0.2) is 22.4 Å². The van der Waals surface area contributed by atoms with Gasteiger partial charge in [-0.2, -0.15) is 0 Å². The maximum Gasteiger partial charge on any atom is 0.255 e. The van der Waals surface area contributed by atoms with Gasteiger partial charge in [0.2, 0.25) is 0 Å². The Balaban J connectivity index is 2.91. The molecule has 1 heterocycles. The number of hydrogen-bond acceptors (Lipinski definition) is 3. The molecule has 0 saturated heterocycles. The van der Waals surface area contributed by atoms with Gasteiger partial charge in [-0.15, -0.1) is 11.8 Å². The standard InChI is InChI=1S/C4H5NO2S2/c6-9(7)4-3-8-2-1-5-9/h1-5H. The number of hydrogen-bond donors (Lipinski definition) is 1. The zero-order valence-corrected chi connectivity index (χ0v) is 6.08. The Kier molecular flexibility index (Phi) is 1.82. The normalized spacial score (nSPS) is 22.7. The van der Waals surface area contributed by atoms with E-state index >= 15 is 0 Å². The molecule has 0 unspecified atom stereocenters. The summed E-state index contributed by atoms with van der Waals surface area (Å²) in [6, 6.07) is 0. The van der Waals surface area contributed by atoms with Crippen LogP contribution < -0.4 is 4.72 Å². The summed E-state index contributed by atoms with van der Waals surface area (Å²) in [6.45, 7) is 0. The molecular formula is C4H5NO2S2. The van der Waals surface area contributed by atoms with Crippen molar-refractivity contribution in [3.8, 4) is 0 Å². The van der Waals surface area contributed by atoms with Crippen LogP contribution in [0.3, 0.4) is 0 Å². The van der Waals surface area contributed by atoms with Crippen LogP contribution in [0.2, 0.25) is 0 Å². The first-order valence-corrected chi connectivity index (χ1v) is 4.69. The zero-order chi connectivity index (χ0) is 6.74. The molecule has 0 aromatic heterocycles. The molecule has 0 aromatic carbocycles. The van der Waals surface area contributed by atoms with Gasteiger partial charge in [0.05, 0.1) is 5.41 Å². The van der Waals surface area contributed by atoms with Crippen LogP contribution in [0.4, 0.5) is 0 Å². The SMILES string of the molecule is O=S1(=O)C=CSC=CN1. The molecule has 1 N–H and O–H groups in total. The van der Waals surface area contributed by atoms with E-state index in [0.29, 0.717) is 0 Å². The van der Waals surface area contributed by atoms with Crippen molar-refractivity contribution in [3.63, 3.8) is 0 Å². The van der Waals surface area contributed by atoms with Gasteiger partial charge < -0.3 is 0 Å². The van der Waals surface area contributed by atoms with Crippen molar-refractivity contribution in [2.45, 2.75) is 0 Å². The number of rotatable bonds is 0. The molecule has 0 radical (unpaired) electrons. The molecule has 0 aromatic rings. The van der Waals surface area contributed by atoms with Gasteiger partial charge in [-0.05, 0) is 10.8 Å². The molecule has 1 rings (SSSR count). The molecule has 0 atom stereocenters. The Morgan fingerprint density at radius 1 is 1.33 bits per heavy atom. The summed E-state index contributed by atoms with van der Waals surface area (Å²) in [4.78, 5) is 0. The van der Waals surface area contributed by atoms with Gasteiger partial charge in [0.1, 0.15) is 0 Å². The minimum atomic E-state index is -3.16. The molecule has 0 spiro atoms. The largest absolute Gasteiger partial charge is 0.286 e. The van der Waals surface area contributed by atoms with E-state index in [9.17, 15) is 8.42 Å². The molecule has 50 valence electrons. The third-order valence-electron chi connectivity index (χ3n) is 0.692. The van der Waals surface area contributed by atoms with E-state index in [4.69, 9.17) is 0 Å². The highest BCUT2D eigenvalue weighted by Crippen LogP contribution is 2.07. The van der Waals surface area contributed by atoms with Crippen molar-refractivity contribution in [2.75, 3.05) is 0 Å². The Morgan fingerprint density at radius 2 is 2.11 bits per heavy atom. The third kappa shape index (κ3) is 2.11. The predicted molar refractivity (Wildman–Crippen MR) is 37.9 cm³/mol. The molecule has 5 heteroatoms. The number of nitrogens with one attached hydrogen (secondary N) is 1. The van der Waals surface area contributed by atoms with E-state index in [2.05, 4.69) is 4.72 Å². The third-order valence-corrected chi connectivity index (χ3v) is 2.41. The fraction of sp³-hybridized carbons (Fsp3) is 0. The van der Waals surface area contributed by atoms with Gasteiger partial charge >= 0.3 is 0 Å². The van der Waals surface area contributed by atoms with Crippen molar-refractivity contribution in [1.29, 1.82) is 0 Å². The number of thioether (sulfide) groups is 1. The fourth-order valence-corrected chi connectivity index (χ4v) is 1.85. The molecule has 0 saturated carbocycles. The number of sulfonamides is 1. The Bertz CT molecular complexity index is 239. The second-order valence-corrected chi connectivity index (χ2v) is 3.79. The topological polar surface area (TPSA) is 46.2 Å². The van der Waals surface area contributed by atoms with Crippen LogP contribution in [0.25, 0.3) is 0 Å². The highest BCUT2D eigenvalue weighted by molar-refractivity contribution is 8.06. The highest BCUT2D eigenvalue weighted by Gasteiger charge is 2.00. The fourth-order valence-electron chi connectivity index (χ4n) is 0.352. The minimum Gasteiger partial charge on any atom is -0.286 e. The average molecular weight is 163 g/mol. The lowest BCUT2D eigenvalue weighted by molar-refractivity contribution is 0.599. The van der Waals surface area contributed by atoms with Crippen LogP contribution in [0.5, 0.6) is 0 Å². The lowest BCUT2D eigenvalue weighted by Crippen LogP contribution is -2.12. The van der Waals surface area contributed by atoms with Gasteiger partial charge in [-0.25, -0.2) is 8.42 Å². The van der Waals surface area contributed by atoms with Crippen LogP contribution in [0, 0.1) is 0 Å². The molecule has 9 heavy (non-hydrogen) atoms.